The van der Waals surface area contributed by atoms with Crippen LogP contribution in [0.1, 0.15) is 22.3 Å². The molecule has 0 aliphatic rings. The van der Waals surface area contributed by atoms with E-state index in [1.165, 1.54) is 11.1 Å². The Morgan fingerprint density at radius 1 is 0.750 bits per heavy atom. The Labute approximate surface area is 160 Å². The van der Waals surface area contributed by atoms with Gasteiger partial charge in [0.05, 0.1) is 24.1 Å². The highest BCUT2D eigenvalue weighted by Crippen LogP contribution is 2.31. The smallest absolute Gasteiger partial charge is 0.0961 e. The SMILES string of the molecule is Cc1cc(C)c(/N=C/N(C)/C=N/c2c(C)cc(C)cc2Br)c(Br)c1. The van der Waals surface area contributed by atoms with E-state index in [0.29, 0.717) is 0 Å². The van der Waals surface area contributed by atoms with Crippen molar-refractivity contribution >= 4 is 55.9 Å². The molecule has 0 amide bonds. The summed E-state index contributed by atoms with van der Waals surface area (Å²) in [5.74, 6) is 0. The summed E-state index contributed by atoms with van der Waals surface area (Å²) in [6.07, 6.45) is 3.53. The summed E-state index contributed by atoms with van der Waals surface area (Å²) in [6.45, 7) is 8.27. The Hall–Kier alpha value is -1.46. The van der Waals surface area contributed by atoms with Crippen LogP contribution in [-0.4, -0.2) is 24.6 Å². The van der Waals surface area contributed by atoms with Crippen LogP contribution in [0.5, 0.6) is 0 Å². The predicted octanol–water partition coefficient (Wildman–Crippen LogP) is 6.40. The molecule has 2 rings (SSSR count). The van der Waals surface area contributed by atoms with E-state index in [0.717, 1.165) is 31.4 Å². The van der Waals surface area contributed by atoms with Crippen LogP contribution in [-0.2, 0) is 0 Å². The van der Waals surface area contributed by atoms with Gasteiger partial charge in [-0.25, -0.2) is 9.98 Å². The fraction of sp³-hybridized carbons (Fsp3) is 0.263. The molecular formula is C19H21Br2N3. The minimum absolute atomic E-state index is 0.938. The van der Waals surface area contributed by atoms with Crippen LogP contribution in [0.4, 0.5) is 11.4 Å². The van der Waals surface area contributed by atoms with Crippen molar-refractivity contribution in [3.8, 4) is 0 Å². The number of hydrogen-bond donors (Lipinski definition) is 0. The normalized spacial score (nSPS) is 11.6. The van der Waals surface area contributed by atoms with Gasteiger partial charge < -0.3 is 4.90 Å². The molecule has 2 aromatic carbocycles. The molecule has 24 heavy (non-hydrogen) atoms. The van der Waals surface area contributed by atoms with Gasteiger partial charge in [-0.1, -0.05) is 12.1 Å². The monoisotopic (exact) mass is 449 g/mol. The van der Waals surface area contributed by atoms with Gasteiger partial charge in [0, 0.05) is 16.0 Å². The zero-order valence-corrected chi connectivity index (χ0v) is 17.7. The molecule has 0 saturated carbocycles. The predicted molar refractivity (Wildman–Crippen MR) is 111 cm³/mol. The lowest BCUT2D eigenvalue weighted by Gasteiger charge is -2.09. The van der Waals surface area contributed by atoms with Gasteiger partial charge in [-0.15, -0.1) is 0 Å². The summed E-state index contributed by atoms with van der Waals surface area (Å²) >= 11 is 7.15. The molecule has 0 bridgehead atoms. The number of hydrogen-bond acceptors (Lipinski definition) is 2. The first-order valence-electron chi connectivity index (χ1n) is 7.61. The van der Waals surface area contributed by atoms with Crippen LogP contribution in [0.2, 0.25) is 0 Å². The van der Waals surface area contributed by atoms with Crippen molar-refractivity contribution in [2.75, 3.05) is 7.05 Å². The molecule has 2 aromatic rings. The average molecular weight is 451 g/mol. The minimum atomic E-state index is 0.938. The van der Waals surface area contributed by atoms with E-state index in [-0.39, 0.29) is 0 Å². The number of aliphatic imine (C=N–C) groups is 2. The molecule has 0 saturated heterocycles. The molecular weight excluding hydrogens is 430 g/mol. The first kappa shape index (κ1) is 18.9. The maximum atomic E-state index is 4.57. The van der Waals surface area contributed by atoms with E-state index in [2.05, 4.69) is 93.8 Å². The number of aryl methyl sites for hydroxylation is 4. The molecule has 0 heterocycles. The Morgan fingerprint density at radius 3 is 1.46 bits per heavy atom. The lowest BCUT2D eigenvalue weighted by atomic mass is 10.1. The van der Waals surface area contributed by atoms with Crippen LogP contribution in [0.3, 0.4) is 0 Å². The Kier molecular flexibility index (Phi) is 6.35. The second kappa shape index (κ2) is 8.08. The van der Waals surface area contributed by atoms with Crippen molar-refractivity contribution in [1.82, 2.24) is 4.90 Å². The van der Waals surface area contributed by atoms with Crippen molar-refractivity contribution in [3.63, 3.8) is 0 Å². The second-order valence-electron chi connectivity index (χ2n) is 5.98. The summed E-state index contributed by atoms with van der Waals surface area (Å²) in [5, 5.41) is 0. The second-order valence-corrected chi connectivity index (χ2v) is 7.69. The summed E-state index contributed by atoms with van der Waals surface area (Å²) in [6, 6.07) is 8.39. The Balaban J connectivity index is 2.18. The van der Waals surface area contributed by atoms with Gasteiger partial charge in [0.2, 0.25) is 0 Å². The van der Waals surface area contributed by atoms with E-state index < -0.39 is 0 Å². The van der Waals surface area contributed by atoms with Crippen molar-refractivity contribution < 1.29 is 0 Å². The molecule has 3 nitrogen and oxygen atoms in total. The van der Waals surface area contributed by atoms with Gasteiger partial charge in [0.1, 0.15) is 0 Å². The van der Waals surface area contributed by atoms with Crippen LogP contribution in [0.25, 0.3) is 0 Å². The van der Waals surface area contributed by atoms with Crippen LogP contribution >= 0.6 is 31.9 Å². The van der Waals surface area contributed by atoms with Crippen molar-refractivity contribution in [1.29, 1.82) is 0 Å². The van der Waals surface area contributed by atoms with E-state index in [4.69, 9.17) is 0 Å². The molecule has 0 aliphatic carbocycles. The quantitative estimate of drug-likeness (QED) is 0.391. The third kappa shape index (κ3) is 4.77. The molecule has 0 atom stereocenters. The zero-order valence-electron chi connectivity index (χ0n) is 14.6. The fourth-order valence-corrected chi connectivity index (χ4v) is 4.02. The average Bonchev–Trinajstić information content (AvgIpc) is 2.44. The summed E-state index contributed by atoms with van der Waals surface area (Å²) in [5.41, 5.74) is 6.59. The highest BCUT2D eigenvalue weighted by atomic mass is 79.9. The molecule has 126 valence electrons. The highest BCUT2D eigenvalue weighted by Gasteiger charge is 2.04. The summed E-state index contributed by atoms with van der Waals surface area (Å²) < 4.78 is 2.00. The molecule has 5 heteroatoms. The lowest BCUT2D eigenvalue weighted by Crippen LogP contribution is -2.12. The molecule has 0 fully saturated rings. The lowest BCUT2D eigenvalue weighted by molar-refractivity contribution is 0.801. The number of halogens is 2. The van der Waals surface area contributed by atoms with Crippen molar-refractivity contribution in [2.24, 2.45) is 9.98 Å². The van der Waals surface area contributed by atoms with Gasteiger partial charge in [-0.05, 0) is 93.9 Å². The van der Waals surface area contributed by atoms with Crippen molar-refractivity contribution in [2.45, 2.75) is 27.7 Å². The molecule has 0 radical (unpaired) electrons. The van der Waals surface area contributed by atoms with Crippen LogP contribution in [0.15, 0.2) is 43.2 Å². The van der Waals surface area contributed by atoms with Crippen LogP contribution in [0, 0.1) is 27.7 Å². The largest absolute Gasteiger partial charge is 0.326 e. The molecule has 0 aromatic heterocycles. The van der Waals surface area contributed by atoms with Gasteiger partial charge in [0.15, 0.2) is 0 Å². The maximum Gasteiger partial charge on any atom is 0.0961 e. The maximum absolute atomic E-state index is 4.57. The van der Waals surface area contributed by atoms with Crippen LogP contribution < -0.4 is 0 Å². The molecule has 0 N–H and O–H groups in total. The third-order valence-electron chi connectivity index (χ3n) is 3.53. The Morgan fingerprint density at radius 2 is 1.12 bits per heavy atom. The molecule has 0 spiro atoms. The summed E-state index contributed by atoms with van der Waals surface area (Å²) in [7, 11) is 1.92. The number of nitrogens with zero attached hydrogens (tertiary/aromatic N) is 3. The van der Waals surface area contributed by atoms with Crippen molar-refractivity contribution in [3.05, 3.63) is 55.5 Å². The van der Waals surface area contributed by atoms with E-state index in [9.17, 15) is 0 Å². The molecule has 0 aliphatic heterocycles. The number of benzene rings is 2. The topological polar surface area (TPSA) is 28.0 Å². The third-order valence-corrected chi connectivity index (χ3v) is 4.74. The first-order valence-corrected chi connectivity index (χ1v) is 9.20. The fourth-order valence-electron chi connectivity index (χ4n) is 2.47. The zero-order chi connectivity index (χ0) is 17.9. The van der Waals surface area contributed by atoms with E-state index in [1.807, 2.05) is 11.9 Å². The first-order chi connectivity index (χ1) is 11.3. The summed E-state index contributed by atoms with van der Waals surface area (Å²) in [4.78, 5) is 11.0. The highest BCUT2D eigenvalue weighted by molar-refractivity contribution is 9.11. The van der Waals surface area contributed by atoms with Gasteiger partial charge in [-0.2, -0.15) is 0 Å². The minimum Gasteiger partial charge on any atom is -0.326 e. The van der Waals surface area contributed by atoms with E-state index >= 15 is 0 Å². The van der Waals surface area contributed by atoms with Gasteiger partial charge in [0.25, 0.3) is 0 Å². The van der Waals surface area contributed by atoms with Gasteiger partial charge >= 0.3 is 0 Å². The van der Waals surface area contributed by atoms with E-state index in [1.54, 1.807) is 12.7 Å². The van der Waals surface area contributed by atoms with Gasteiger partial charge in [-0.3, -0.25) is 0 Å². The Bertz CT molecular complexity index is 697. The number of rotatable bonds is 4. The standard InChI is InChI=1S/C19H21Br2N3/c1-12-6-14(3)18(16(20)8-12)22-10-24(5)11-23-19-15(4)7-13(2)9-17(19)21/h6-11H,1-5H3/b22-10+,23-11+. The molecule has 0 unspecified atom stereocenters.